The van der Waals surface area contributed by atoms with Crippen LogP contribution in [0.25, 0.3) is 10.8 Å². The fourth-order valence-corrected chi connectivity index (χ4v) is 2.41. The molecule has 3 rings (SSSR count). The van der Waals surface area contributed by atoms with Gasteiger partial charge in [-0.25, -0.2) is 0 Å². The third kappa shape index (κ3) is 1.51. The van der Waals surface area contributed by atoms with E-state index < -0.39 is 0 Å². The van der Waals surface area contributed by atoms with Gasteiger partial charge in [0.2, 0.25) is 0 Å². The van der Waals surface area contributed by atoms with E-state index in [9.17, 15) is 0 Å². The zero-order valence-electron chi connectivity index (χ0n) is 10.6. The number of hydrogen-bond donors (Lipinski definition) is 3. The van der Waals surface area contributed by atoms with Crippen molar-refractivity contribution in [1.82, 2.24) is 0 Å². The van der Waals surface area contributed by atoms with Crippen LogP contribution in [0.1, 0.15) is 13.8 Å². The highest BCUT2D eigenvalue weighted by Crippen LogP contribution is 2.38. The molecular weight excluding hydrogens is 222 g/mol. The molecule has 18 heavy (non-hydrogen) atoms. The first kappa shape index (κ1) is 11.0. The lowest BCUT2D eigenvalue weighted by Crippen LogP contribution is -2.32. The van der Waals surface area contributed by atoms with Gasteiger partial charge in [0.15, 0.2) is 0 Å². The van der Waals surface area contributed by atoms with Crippen LogP contribution in [-0.2, 0) is 0 Å². The molecule has 1 aliphatic rings. The molecule has 0 bridgehead atoms. The molecule has 4 N–H and O–H groups in total. The van der Waals surface area contributed by atoms with E-state index in [4.69, 9.17) is 5.73 Å². The van der Waals surface area contributed by atoms with E-state index in [1.807, 2.05) is 12.1 Å². The molecule has 3 nitrogen and oxygen atoms in total. The van der Waals surface area contributed by atoms with Gasteiger partial charge < -0.3 is 16.4 Å². The minimum atomic E-state index is 0.150. The SMILES string of the molecule is C/C=C(\C)C1Nc2cccc3c(N)ccc(c23)N1. The standard InChI is InChI=1S/C15H17N3/c1-3-9(2)15-17-12-6-4-5-10-11(16)7-8-13(18-15)14(10)12/h3-8,15,17-18H,16H2,1-2H3/b9-3+. The van der Waals surface area contributed by atoms with Gasteiger partial charge in [0.1, 0.15) is 6.17 Å². The monoisotopic (exact) mass is 239 g/mol. The molecule has 1 aliphatic heterocycles. The highest BCUT2D eigenvalue weighted by Gasteiger charge is 2.20. The third-order valence-electron chi connectivity index (χ3n) is 3.58. The minimum absolute atomic E-state index is 0.150. The van der Waals surface area contributed by atoms with Crippen LogP contribution in [0, 0.1) is 0 Å². The van der Waals surface area contributed by atoms with E-state index in [-0.39, 0.29) is 6.17 Å². The van der Waals surface area contributed by atoms with Crippen LogP contribution in [0.3, 0.4) is 0 Å². The summed E-state index contributed by atoms with van der Waals surface area (Å²) in [6.45, 7) is 4.17. The second-order valence-corrected chi connectivity index (χ2v) is 4.68. The zero-order valence-corrected chi connectivity index (χ0v) is 10.6. The molecule has 0 radical (unpaired) electrons. The number of allylic oxidation sites excluding steroid dienone is 1. The summed E-state index contributed by atoms with van der Waals surface area (Å²) in [5.74, 6) is 0. The first-order valence-electron chi connectivity index (χ1n) is 6.18. The number of nitrogen functional groups attached to an aromatic ring is 1. The predicted octanol–water partition coefficient (Wildman–Crippen LogP) is 3.55. The van der Waals surface area contributed by atoms with Crippen LogP contribution >= 0.6 is 0 Å². The lowest BCUT2D eigenvalue weighted by atomic mass is 10.0. The lowest BCUT2D eigenvalue weighted by molar-refractivity contribution is 0.930. The predicted molar refractivity (Wildman–Crippen MR) is 78.8 cm³/mol. The first-order chi connectivity index (χ1) is 8.70. The Morgan fingerprint density at radius 1 is 1.17 bits per heavy atom. The highest BCUT2D eigenvalue weighted by atomic mass is 15.1. The van der Waals surface area contributed by atoms with E-state index in [1.165, 1.54) is 11.0 Å². The summed E-state index contributed by atoms with van der Waals surface area (Å²) >= 11 is 0. The molecule has 1 unspecified atom stereocenters. The summed E-state index contributed by atoms with van der Waals surface area (Å²) in [7, 11) is 0. The number of hydrogen-bond acceptors (Lipinski definition) is 3. The van der Waals surface area contributed by atoms with Crippen molar-refractivity contribution in [1.29, 1.82) is 0 Å². The fourth-order valence-electron chi connectivity index (χ4n) is 2.41. The molecule has 1 heterocycles. The average molecular weight is 239 g/mol. The molecule has 0 spiro atoms. The number of rotatable bonds is 1. The Morgan fingerprint density at radius 3 is 2.61 bits per heavy atom. The Labute approximate surface area is 107 Å². The molecule has 2 aromatic rings. The van der Waals surface area contributed by atoms with E-state index in [0.717, 1.165) is 22.4 Å². The van der Waals surface area contributed by atoms with Crippen LogP contribution in [-0.4, -0.2) is 6.17 Å². The van der Waals surface area contributed by atoms with Crippen molar-refractivity contribution in [2.24, 2.45) is 0 Å². The molecule has 3 heteroatoms. The van der Waals surface area contributed by atoms with Crippen molar-refractivity contribution in [3.05, 3.63) is 42.0 Å². The maximum absolute atomic E-state index is 6.03. The van der Waals surface area contributed by atoms with Gasteiger partial charge in [0, 0.05) is 27.8 Å². The van der Waals surface area contributed by atoms with Gasteiger partial charge in [0.25, 0.3) is 0 Å². The van der Waals surface area contributed by atoms with Gasteiger partial charge in [-0.3, -0.25) is 0 Å². The lowest BCUT2D eigenvalue weighted by Gasteiger charge is -2.30. The van der Waals surface area contributed by atoms with Crippen LogP contribution in [0.2, 0.25) is 0 Å². The Bertz CT molecular complexity index is 631. The van der Waals surface area contributed by atoms with Crippen LogP contribution in [0.15, 0.2) is 42.0 Å². The fraction of sp³-hybridized carbons (Fsp3) is 0.200. The van der Waals surface area contributed by atoms with Crippen LogP contribution in [0.4, 0.5) is 17.1 Å². The van der Waals surface area contributed by atoms with E-state index in [1.54, 1.807) is 0 Å². The van der Waals surface area contributed by atoms with Gasteiger partial charge in [0.05, 0.1) is 0 Å². The molecule has 0 aromatic heterocycles. The number of nitrogens with one attached hydrogen (secondary N) is 2. The van der Waals surface area contributed by atoms with E-state index in [2.05, 4.69) is 48.8 Å². The summed E-state index contributed by atoms with van der Waals surface area (Å²) in [6, 6.07) is 10.2. The number of nitrogens with two attached hydrogens (primary N) is 1. The highest BCUT2D eigenvalue weighted by molar-refractivity contribution is 6.09. The summed E-state index contributed by atoms with van der Waals surface area (Å²) < 4.78 is 0. The van der Waals surface area contributed by atoms with E-state index in [0.29, 0.717) is 0 Å². The topological polar surface area (TPSA) is 50.1 Å². The van der Waals surface area contributed by atoms with Crippen molar-refractivity contribution in [3.63, 3.8) is 0 Å². The maximum Gasteiger partial charge on any atom is 0.119 e. The largest absolute Gasteiger partial charge is 0.398 e. The summed E-state index contributed by atoms with van der Waals surface area (Å²) in [5.41, 5.74) is 10.4. The van der Waals surface area contributed by atoms with Gasteiger partial charge in [-0.1, -0.05) is 18.2 Å². The second-order valence-electron chi connectivity index (χ2n) is 4.68. The number of benzene rings is 2. The van der Waals surface area contributed by atoms with Gasteiger partial charge in [-0.15, -0.1) is 0 Å². The quantitative estimate of drug-likeness (QED) is 0.527. The van der Waals surface area contributed by atoms with Gasteiger partial charge in [-0.2, -0.15) is 0 Å². The molecule has 2 aromatic carbocycles. The molecular formula is C15H17N3. The minimum Gasteiger partial charge on any atom is -0.398 e. The molecule has 0 aliphatic carbocycles. The smallest absolute Gasteiger partial charge is 0.119 e. The number of anilines is 3. The molecule has 0 fully saturated rings. The zero-order chi connectivity index (χ0) is 12.7. The molecule has 1 atom stereocenters. The van der Waals surface area contributed by atoms with Crippen molar-refractivity contribution in [2.75, 3.05) is 16.4 Å². The molecule has 0 saturated heterocycles. The molecule has 92 valence electrons. The Morgan fingerprint density at radius 2 is 1.89 bits per heavy atom. The van der Waals surface area contributed by atoms with Crippen LogP contribution < -0.4 is 16.4 Å². The normalized spacial score (nSPS) is 18.3. The van der Waals surface area contributed by atoms with Crippen molar-refractivity contribution >= 4 is 27.8 Å². The van der Waals surface area contributed by atoms with Crippen molar-refractivity contribution in [3.8, 4) is 0 Å². The average Bonchev–Trinajstić information content (AvgIpc) is 2.41. The maximum atomic E-state index is 6.03. The summed E-state index contributed by atoms with van der Waals surface area (Å²) in [6.07, 6.45) is 2.27. The Kier molecular flexibility index (Phi) is 2.40. The Balaban J connectivity index is 2.20. The third-order valence-corrected chi connectivity index (χ3v) is 3.58. The Hall–Kier alpha value is -2.16. The summed E-state index contributed by atoms with van der Waals surface area (Å²) in [5, 5.41) is 9.29. The molecule has 0 amide bonds. The van der Waals surface area contributed by atoms with Gasteiger partial charge in [-0.05, 0) is 37.6 Å². The van der Waals surface area contributed by atoms with Crippen molar-refractivity contribution in [2.45, 2.75) is 20.0 Å². The van der Waals surface area contributed by atoms with Gasteiger partial charge >= 0.3 is 0 Å². The van der Waals surface area contributed by atoms with Crippen LogP contribution in [0.5, 0.6) is 0 Å². The van der Waals surface area contributed by atoms with E-state index >= 15 is 0 Å². The molecule has 0 saturated carbocycles. The first-order valence-corrected chi connectivity index (χ1v) is 6.18. The summed E-state index contributed by atoms with van der Waals surface area (Å²) in [4.78, 5) is 0. The second kappa shape index (κ2) is 3.95. The van der Waals surface area contributed by atoms with Crippen molar-refractivity contribution < 1.29 is 0 Å².